The lowest BCUT2D eigenvalue weighted by Gasteiger charge is -2.15. The summed E-state index contributed by atoms with van der Waals surface area (Å²) in [6.45, 7) is 3.31. The number of carbonyl (C=O) groups excluding carboxylic acids is 2. The number of hydrogen-bond acceptors (Lipinski definition) is 4. The number of fused-ring (bicyclic) bond motifs is 1. The number of aromatic amines is 1. The number of benzene rings is 1. The average molecular weight is 329 g/mol. The second kappa shape index (κ2) is 6.61. The summed E-state index contributed by atoms with van der Waals surface area (Å²) in [7, 11) is 1.57. The monoisotopic (exact) mass is 329 g/mol. The van der Waals surface area contributed by atoms with Crippen molar-refractivity contribution in [2.45, 2.75) is 20.0 Å². The van der Waals surface area contributed by atoms with E-state index in [4.69, 9.17) is 4.74 Å². The van der Waals surface area contributed by atoms with E-state index < -0.39 is 0 Å². The molecule has 1 aliphatic heterocycles. The number of ether oxygens (including phenoxy) is 1. The molecule has 0 saturated carbocycles. The van der Waals surface area contributed by atoms with Crippen LogP contribution in [0, 0.1) is 0 Å². The van der Waals surface area contributed by atoms with Gasteiger partial charge in [-0.25, -0.2) is 4.79 Å². The zero-order chi connectivity index (χ0) is 17.1. The Balaban J connectivity index is 1.70. The summed E-state index contributed by atoms with van der Waals surface area (Å²) in [5.74, 6) is 0.880. The fourth-order valence-corrected chi connectivity index (χ4v) is 2.57. The van der Waals surface area contributed by atoms with Crippen LogP contribution in [0.2, 0.25) is 0 Å². The molecule has 0 aliphatic carbocycles. The van der Waals surface area contributed by atoms with Crippen LogP contribution in [0.15, 0.2) is 24.3 Å². The third kappa shape index (κ3) is 3.03. The quantitative estimate of drug-likeness (QED) is 0.795. The molecule has 1 aromatic carbocycles. The van der Waals surface area contributed by atoms with Gasteiger partial charge in [0.25, 0.3) is 5.91 Å². The number of amides is 3. The minimum absolute atomic E-state index is 0.130. The zero-order valence-corrected chi connectivity index (χ0v) is 13.5. The van der Waals surface area contributed by atoms with Gasteiger partial charge >= 0.3 is 6.03 Å². The van der Waals surface area contributed by atoms with Crippen LogP contribution in [0.25, 0.3) is 0 Å². The summed E-state index contributed by atoms with van der Waals surface area (Å²) in [6.07, 6.45) is 0. The maximum absolute atomic E-state index is 12.3. The molecule has 0 atom stereocenters. The Bertz CT molecular complexity index is 754. The third-order valence-electron chi connectivity index (χ3n) is 3.85. The van der Waals surface area contributed by atoms with Gasteiger partial charge in [0.05, 0.1) is 25.9 Å². The largest absolute Gasteiger partial charge is 0.497 e. The summed E-state index contributed by atoms with van der Waals surface area (Å²) in [4.78, 5) is 25.9. The SMILES string of the molecule is CCNC(=O)N1Cc2[nH]nc(NC(=O)c3ccc(OC)cc3)c2C1. The number of rotatable bonds is 4. The normalized spacial score (nSPS) is 12.7. The number of nitrogens with one attached hydrogen (secondary N) is 3. The van der Waals surface area contributed by atoms with Crippen LogP contribution in [0.5, 0.6) is 5.75 Å². The molecule has 2 aromatic rings. The first-order valence-corrected chi connectivity index (χ1v) is 7.66. The molecule has 0 unspecified atom stereocenters. The highest BCUT2D eigenvalue weighted by molar-refractivity contribution is 6.04. The minimum atomic E-state index is -0.261. The van der Waals surface area contributed by atoms with Crippen LogP contribution in [-0.2, 0) is 13.1 Å². The first-order valence-electron chi connectivity index (χ1n) is 7.66. The topological polar surface area (TPSA) is 99.4 Å². The van der Waals surface area contributed by atoms with Crippen molar-refractivity contribution in [3.8, 4) is 5.75 Å². The van der Waals surface area contributed by atoms with Gasteiger partial charge in [-0.2, -0.15) is 5.10 Å². The molecule has 0 spiro atoms. The van der Waals surface area contributed by atoms with Gasteiger partial charge in [0.2, 0.25) is 0 Å². The van der Waals surface area contributed by atoms with Gasteiger partial charge in [0.15, 0.2) is 5.82 Å². The molecule has 126 valence electrons. The molecule has 0 radical (unpaired) electrons. The van der Waals surface area contributed by atoms with Gasteiger partial charge in [-0.3, -0.25) is 9.89 Å². The molecule has 3 amide bonds. The molecule has 3 N–H and O–H groups in total. The molecule has 8 nitrogen and oxygen atoms in total. The first kappa shape index (κ1) is 15.9. The Kier molecular flexibility index (Phi) is 4.37. The van der Waals surface area contributed by atoms with Crippen LogP contribution >= 0.6 is 0 Å². The van der Waals surface area contributed by atoms with E-state index in [1.54, 1.807) is 36.3 Å². The fourth-order valence-electron chi connectivity index (χ4n) is 2.57. The molecule has 1 aliphatic rings. The molecule has 0 fully saturated rings. The van der Waals surface area contributed by atoms with Gasteiger partial charge < -0.3 is 20.3 Å². The van der Waals surface area contributed by atoms with E-state index in [0.717, 1.165) is 11.3 Å². The van der Waals surface area contributed by atoms with Gasteiger partial charge in [-0.15, -0.1) is 0 Å². The van der Waals surface area contributed by atoms with E-state index in [0.29, 0.717) is 36.8 Å². The van der Waals surface area contributed by atoms with Crippen LogP contribution < -0.4 is 15.4 Å². The van der Waals surface area contributed by atoms with Crippen molar-refractivity contribution in [2.24, 2.45) is 0 Å². The smallest absolute Gasteiger partial charge is 0.318 e. The maximum atomic E-state index is 12.3. The first-order chi connectivity index (χ1) is 11.6. The van der Waals surface area contributed by atoms with Crippen LogP contribution in [0.1, 0.15) is 28.5 Å². The predicted molar refractivity (Wildman–Crippen MR) is 87.9 cm³/mol. The highest BCUT2D eigenvalue weighted by Gasteiger charge is 2.28. The molecule has 2 heterocycles. The van der Waals surface area contributed by atoms with E-state index >= 15 is 0 Å². The molecule has 8 heteroatoms. The highest BCUT2D eigenvalue weighted by atomic mass is 16.5. The van der Waals surface area contributed by atoms with E-state index in [1.807, 2.05) is 6.92 Å². The van der Waals surface area contributed by atoms with E-state index in [-0.39, 0.29) is 11.9 Å². The number of nitrogens with zero attached hydrogens (tertiary/aromatic N) is 2. The van der Waals surface area contributed by atoms with Gasteiger partial charge in [0, 0.05) is 17.7 Å². The number of carbonyl (C=O) groups is 2. The van der Waals surface area contributed by atoms with Crippen molar-refractivity contribution in [2.75, 3.05) is 19.0 Å². The molecule has 0 bridgehead atoms. The lowest BCUT2D eigenvalue weighted by atomic mass is 10.2. The Morgan fingerprint density at radius 1 is 1.29 bits per heavy atom. The lowest BCUT2D eigenvalue weighted by molar-refractivity contribution is 0.102. The van der Waals surface area contributed by atoms with E-state index in [9.17, 15) is 9.59 Å². The third-order valence-corrected chi connectivity index (χ3v) is 3.85. The van der Waals surface area contributed by atoms with Crippen molar-refractivity contribution < 1.29 is 14.3 Å². The van der Waals surface area contributed by atoms with E-state index in [2.05, 4.69) is 20.8 Å². The number of H-pyrrole nitrogens is 1. The molecule has 0 saturated heterocycles. The number of aromatic nitrogens is 2. The molecular formula is C16H19N5O3. The Morgan fingerprint density at radius 2 is 2.04 bits per heavy atom. The van der Waals surface area contributed by atoms with Crippen molar-refractivity contribution in [1.29, 1.82) is 0 Å². The lowest BCUT2D eigenvalue weighted by Crippen LogP contribution is -2.36. The predicted octanol–water partition coefficient (Wildman–Crippen LogP) is 1.72. The Hall–Kier alpha value is -3.03. The van der Waals surface area contributed by atoms with Crippen LogP contribution in [-0.4, -0.2) is 40.7 Å². The number of anilines is 1. The minimum Gasteiger partial charge on any atom is -0.497 e. The van der Waals surface area contributed by atoms with Gasteiger partial charge in [0.1, 0.15) is 5.75 Å². The number of methoxy groups -OCH3 is 1. The van der Waals surface area contributed by atoms with Crippen molar-refractivity contribution in [3.63, 3.8) is 0 Å². The second-order valence-corrected chi connectivity index (χ2v) is 5.40. The summed E-state index contributed by atoms with van der Waals surface area (Å²) in [5, 5.41) is 12.6. The van der Waals surface area contributed by atoms with Crippen LogP contribution in [0.4, 0.5) is 10.6 Å². The van der Waals surface area contributed by atoms with Gasteiger partial charge in [-0.1, -0.05) is 0 Å². The van der Waals surface area contributed by atoms with Crippen LogP contribution in [0.3, 0.4) is 0 Å². The summed E-state index contributed by atoms with van der Waals surface area (Å²) in [6, 6.07) is 6.68. The zero-order valence-electron chi connectivity index (χ0n) is 13.5. The molecule has 24 heavy (non-hydrogen) atoms. The van der Waals surface area contributed by atoms with Crippen molar-refractivity contribution >= 4 is 17.8 Å². The molecule has 1 aromatic heterocycles. The highest BCUT2D eigenvalue weighted by Crippen LogP contribution is 2.27. The standard InChI is InChI=1S/C16H19N5O3/c1-3-17-16(23)21-8-12-13(9-21)19-20-14(12)18-15(22)10-4-6-11(24-2)7-5-10/h4-7H,3,8-9H2,1-2H3,(H,17,23)(H2,18,19,20,22). The molecular weight excluding hydrogens is 310 g/mol. The van der Waals surface area contributed by atoms with Gasteiger partial charge in [-0.05, 0) is 31.2 Å². The average Bonchev–Trinajstić information content (AvgIpc) is 3.17. The number of urea groups is 1. The summed E-state index contributed by atoms with van der Waals surface area (Å²) in [5.41, 5.74) is 2.18. The van der Waals surface area contributed by atoms with E-state index in [1.165, 1.54) is 0 Å². The molecule has 3 rings (SSSR count). The Labute approximate surface area is 139 Å². The second-order valence-electron chi connectivity index (χ2n) is 5.40. The van der Waals surface area contributed by atoms with Crippen molar-refractivity contribution in [1.82, 2.24) is 20.4 Å². The fraction of sp³-hybridized carbons (Fsp3) is 0.312. The summed E-state index contributed by atoms with van der Waals surface area (Å²) >= 11 is 0. The Morgan fingerprint density at radius 3 is 2.71 bits per heavy atom. The number of hydrogen-bond donors (Lipinski definition) is 3. The maximum Gasteiger partial charge on any atom is 0.318 e. The van der Waals surface area contributed by atoms with Crippen molar-refractivity contribution in [3.05, 3.63) is 41.1 Å². The summed E-state index contributed by atoms with van der Waals surface area (Å²) < 4.78 is 5.08.